The maximum absolute atomic E-state index is 13.5. The second-order valence-electron chi connectivity index (χ2n) is 11.3. The zero-order valence-corrected chi connectivity index (χ0v) is 24.3. The van der Waals surface area contributed by atoms with Gasteiger partial charge in [0.1, 0.15) is 10.6 Å². The first kappa shape index (κ1) is 26.6. The van der Waals surface area contributed by atoms with Crippen LogP contribution in [0.15, 0.2) is 23.6 Å². The number of carbonyl (C=O) groups is 2. The Bertz CT molecular complexity index is 1310. The fraction of sp³-hybridized carbons (Fsp3) is 0.467. The van der Waals surface area contributed by atoms with Crippen LogP contribution in [0.2, 0.25) is 0 Å². The van der Waals surface area contributed by atoms with Crippen molar-refractivity contribution in [3.63, 3.8) is 0 Å². The fourth-order valence-corrected chi connectivity index (χ4v) is 7.34. The highest BCUT2D eigenvalue weighted by atomic mass is 32.1. The molecule has 3 aromatic rings. The molecule has 6 heteroatoms. The molecule has 1 aromatic carbocycles. The summed E-state index contributed by atoms with van der Waals surface area (Å²) in [6.07, 6.45) is 2.78. The van der Waals surface area contributed by atoms with E-state index in [4.69, 9.17) is 4.74 Å². The second-order valence-corrected chi connectivity index (χ2v) is 13.5. The maximum Gasteiger partial charge on any atom is 0.342 e. The Morgan fingerprint density at radius 2 is 1.86 bits per heavy atom. The molecule has 0 aliphatic heterocycles. The van der Waals surface area contributed by atoms with Gasteiger partial charge in [-0.3, -0.25) is 4.79 Å². The molecule has 192 valence electrons. The quantitative estimate of drug-likeness (QED) is 0.342. The zero-order valence-electron chi connectivity index (χ0n) is 22.6. The van der Waals surface area contributed by atoms with Crippen LogP contribution in [0.3, 0.4) is 0 Å². The largest absolute Gasteiger partial charge is 0.459 e. The van der Waals surface area contributed by atoms with Gasteiger partial charge >= 0.3 is 5.97 Å². The molecule has 0 radical (unpaired) electrons. The molecule has 0 spiro atoms. The first-order chi connectivity index (χ1) is 16.9. The molecule has 1 aliphatic carbocycles. The van der Waals surface area contributed by atoms with Gasteiger partial charge in [0.05, 0.1) is 11.7 Å². The Morgan fingerprint density at radius 1 is 1.14 bits per heavy atom. The summed E-state index contributed by atoms with van der Waals surface area (Å²) >= 11 is 3.13. The Morgan fingerprint density at radius 3 is 2.50 bits per heavy atom. The monoisotopic (exact) mass is 523 g/mol. The number of rotatable bonds is 5. The SMILES string of the molecule is Cc1ccc(-c2c(C)sc(NC(=O)c3csc4c3CCC(C(C)(C)C)C4)c2C(=O)OC(C)C)c(C)c1. The lowest BCUT2D eigenvalue weighted by molar-refractivity contribution is 0.0380. The average molecular weight is 524 g/mol. The van der Waals surface area contributed by atoms with Crippen molar-refractivity contribution in [2.45, 2.75) is 80.8 Å². The summed E-state index contributed by atoms with van der Waals surface area (Å²) in [6, 6.07) is 6.22. The van der Waals surface area contributed by atoms with Crippen LogP contribution in [0.1, 0.15) is 88.2 Å². The molecule has 1 atom stereocenters. The third-order valence-corrected chi connectivity index (χ3v) is 9.21. The van der Waals surface area contributed by atoms with E-state index in [2.05, 4.69) is 58.1 Å². The minimum atomic E-state index is -0.403. The first-order valence-electron chi connectivity index (χ1n) is 12.7. The molecule has 0 saturated heterocycles. The topological polar surface area (TPSA) is 55.4 Å². The molecular weight excluding hydrogens is 486 g/mol. The molecular formula is C30H37NO3S2. The van der Waals surface area contributed by atoms with Gasteiger partial charge in [-0.1, -0.05) is 44.5 Å². The minimum Gasteiger partial charge on any atom is -0.459 e. The van der Waals surface area contributed by atoms with Crippen LogP contribution < -0.4 is 5.32 Å². The van der Waals surface area contributed by atoms with Crippen molar-refractivity contribution in [3.8, 4) is 11.1 Å². The first-order valence-corrected chi connectivity index (χ1v) is 14.4. The smallest absolute Gasteiger partial charge is 0.342 e. The number of carbonyl (C=O) groups excluding carboxylic acids is 2. The van der Waals surface area contributed by atoms with Gasteiger partial charge in [0.25, 0.3) is 5.91 Å². The molecule has 0 bridgehead atoms. The van der Waals surface area contributed by atoms with E-state index in [0.29, 0.717) is 16.5 Å². The van der Waals surface area contributed by atoms with E-state index in [1.54, 1.807) is 11.3 Å². The van der Waals surface area contributed by atoms with Crippen LogP contribution in [-0.4, -0.2) is 18.0 Å². The second kappa shape index (κ2) is 10.1. The Balaban J connectivity index is 1.71. The van der Waals surface area contributed by atoms with Gasteiger partial charge < -0.3 is 10.1 Å². The number of amides is 1. The summed E-state index contributed by atoms with van der Waals surface area (Å²) in [5.41, 5.74) is 6.72. The molecule has 4 nitrogen and oxygen atoms in total. The number of fused-ring (bicyclic) bond motifs is 1. The number of ether oxygens (including phenoxy) is 1. The van der Waals surface area contributed by atoms with Crippen molar-refractivity contribution in [2.75, 3.05) is 5.32 Å². The minimum absolute atomic E-state index is 0.145. The molecule has 1 amide bonds. The number of benzene rings is 1. The van der Waals surface area contributed by atoms with Gasteiger partial charge in [-0.25, -0.2) is 4.79 Å². The van der Waals surface area contributed by atoms with Crippen LogP contribution in [0.25, 0.3) is 11.1 Å². The summed E-state index contributed by atoms with van der Waals surface area (Å²) in [7, 11) is 0. The van der Waals surface area contributed by atoms with Gasteiger partial charge in [0.2, 0.25) is 0 Å². The Hall–Kier alpha value is -2.44. The number of thiophene rings is 2. The summed E-state index contributed by atoms with van der Waals surface area (Å²) in [4.78, 5) is 29.2. The third kappa shape index (κ3) is 5.30. The summed E-state index contributed by atoms with van der Waals surface area (Å²) in [6.45, 7) is 16.7. The highest BCUT2D eigenvalue weighted by molar-refractivity contribution is 7.17. The van der Waals surface area contributed by atoms with Crippen LogP contribution in [-0.2, 0) is 17.6 Å². The number of aryl methyl sites for hydroxylation is 3. The van der Waals surface area contributed by atoms with Crippen molar-refractivity contribution >= 4 is 39.6 Å². The van der Waals surface area contributed by atoms with Gasteiger partial charge in [-0.2, -0.15) is 0 Å². The van der Waals surface area contributed by atoms with Crippen molar-refractivity contribution in [1.82, 2.24) is 0 Å². The highest BCUT2D eigenvalue weighted by Crippen LogP contribution is 2.43. The number of hydrogen-bond acceptors (Lipinski definition) is 5. The number of nitrogens with one attached hydrogen (secondary N) is 1. The van der Waals surface area contributed by atoms with E-state index < -0.39 is 5.97 Å². The normalized spacial score (nSPS) is 15.6. The Labute approximate surface area is 223 Å². The molecule has 4 rings (SSSR count). The number of anilines is 1. The van der Waals surface area contributed by atoms with Crippen LogP contribution in [0.5, 0.6) is 0 Å². The van der Waals surface area contributed by atoms with E-state index in [1.807, 2.05) is 26.2 Å². The molecule has 2 heterocycles. The van der Waals surface area contributed by atoms with Crippen molar-refractivity contribution in [3.05, 3.63) is 61.2 Å². The lowest BCUT2D eigenvalue weighted by Gasteiger charge is -2.34. The number of hydrogen-bond donors (Lipinski definition) is 1. The van der Waals surface area contributed by atoms with E-state index in [-0.39, 0.29) is 17.4 Å². The zero-order chi connectivity index (χ0) is 26.4. The van der Waals surface area contributed by atoms with E-state index >= 15 is 0 Å². The predicted molar refractivity (Wildman–Crippen MR) is 152 cm³/mol. The molecule has 36 heavy (non-hydrogen) atoms. The van der Waals surface area contributed by atoms with Crippen molar-refractivity contribution < 1.29 is 14.3 Å². The van der Waals surface area contributed by atoms with Crippen LogP contribution >= 0.6 is 22.7 Å². The molecule has 0 fully saturated rings. The van der Waals surface area contributed by atoms with Gasteiger partial charge in [-0.05, 0) is 81.9 Å². The van der Waals surface area contributed by atoms with Gasteiger partial charge in [0.15, 0.2) is 0 Å². The molecule has 0 saturated carbocycles. The van der Waals surface area contributed by atoms with Crippen molar-refractivity contribution in [2.24, 2.45) is 11.3 Å². The highest BCUT2D eigenvalue weighted by Gasteiger charge is 2.33. The van der Waals surface area contributed by atoms with Crippen LogP contribution in [0.4, 0.5) is 5.00 Å². The molecule has 1 unspecified atom stereocenters. The third-order valence-electron chi connectivity index (χ3n) is 7.13. The summed E-state index contributed by atoms with van der Waals surface area (Å²) < 4.78 is 5.64. The fourth-order valence-electron chi connectivity index (χ4n) is 5.13. The average Bonchev–Trinajstić information content (AvgIpc) is 3.33. The summed E-state index contributed by atoms with van der Waals surface area (Å²) in [5.74, 6) is 0.0749. The van der Waals surface area contributed by atoms with E-state index in [1.165, 1.54) is 27.3 Å². The lowest BCUT2D eigenvalue weighted by atomic mass is 9.72. The molecule has 1 N–H and O–H groups in total. The molecule has 1 aliphatic rings. The van der Waals surface area contributed by atoms with Crippen LogP contribution in [0, 0.1) is 32.1 Å². The predicted octanol–water partition coefficient (Wildman–Crippen LogP) is 8.37. The van der Waals surface area contributed by atoms with Crippen molar-refractivity contribution in [1.29, 1.82) is 0 Å². The van der Waals surface area contributed by atoms with Gasteiger partial charge in [-0.15, -0.1) is 22.7 Å². The van der Waals surface area contributed by atoms with E-state index in [9.17, 15) is 9.59 Å². The standard InChI is InChI=1S/C30H37NO3S2/c1-16(2)34-29(33)26-25(21-11-9-17(3)13-18(21)4)19(5)36-28(26)31-27(32)23-15-35-24-14-20(30(6,7)8)10-12-22(23)24/h9,11,13,15-16,20H,10,12,14H2,1-8H3,(H,31,32). The lowest BCUT2D eigenvalue weighted by Crippen LogP contribution is -2.27. The summed E-state index contributed by atoms with van der Waals surface area (Å²) in [5, 5.41) is 5.65. The maximum atomic E-state index is 13.5. The van der Waals surface area contributed by atoms with E-state index in [0.717, 1.165) is 46.4 Å². The van der Waals surface area contributed by atoms with Gasteiger partial charge in [0, 0.05) is 20.7 Å². The Kier molecular flexibility index (Phi) is 7.50. The number of esters is 1. The molecule has 2 aromatic heterocycles.